The third-order valence-corrected chi connectivity index (χ3v) is 4.38. The van der Waals surface area contributed by atoms with Crippen molar-refractivity contribution in [2.24, 2.45) is 0 Å². The molecule has 1 aliphatic rings. The molecule has 142 valence electrons. The van der Waals surface area contributed by atoms with E-state index in [2.05, 4.69) is 5.32 Å². The number of carbonyl (C=O) groups excluding carboxylic acids is 2. The molecule has 6 heteroatoms. The van der Waals surface area contributed by atoms with Crippen molar-refractivity contribution in [1.29, 1.82) is 0 Å². The molecule has 0 unspecified atom stereocenters. The van der Waals surface area contributed by atoms with Crippen molar-refractivity contribution in [2.45, 2.75) is 25.7 Å². The summed E-state index contributed by atoms with van der Waals surface area (Å²) in [5.41, 5.74) is 3.35. The number of rotatable bonds is 8. The van der Waals surface area contributed by atoms with E-state index in [4.69, 9.17) is 14.2 Å². The Labute approximate surface area is 158 Å². The molecule has 6 nitrogen and oxygen atoms in total. The van der Waals surface area contributed by atoms with Crippen LogP contribution in [-0.2, 0) is 27.2 Å². The number of benzene rings is 2. The SMILES string of the molecule is COc1ccccc1OCCC(=O)OCC(=O)Nc1ccc2c(c1)CCC2. The summed E-state index contributed by atoms with van der Waals surface area (Å²) >= 11 is 0. The van der Waals surface area contributed by atoms with Crippen molar-refractivity contribution >= 4 is 17.6 Å². The van der Waals surface area contributed by atoms with Gasteiger partial charge in [0.05, 0.1) is 20.1 Å². The normalized spacial score (nSPS) is 12.2. The summed E-state index contributed by atoms with van der Waals surface area (Å²) in [5, 5.41) is 2.76. The Morgan fingerprint density at radius 1 is 1.04 bits per heavy atom. The highest BCUT2D eigenvalue weighted by Gasteiger charge is 2.13. The topological polar surface area (TPSA) is 73.9 Å². The monoisotopic (exact) mass is 369 g/mol. The van der Waals surface area contributed by atoms with E-state index in [1.165, 1.54) is 11.1 Å². The summed E-state index contributed by atoms with van der Waals surface area (Å²) < 4.78 is 15.7. The molecule has 0 radical (unpaired) electrons. The van der Waals surface area contributed by atoms with Gasteiger partial charge in [0.2, 0.25) is 0 Å². The van der Waals surface area contributed by atoms with Crippen molar-refractivity contribution < 1.29 is 23.8 Å². The van der Waals surface area contributed by atoms with Gasteiger partial charge in [-0.25, -0.2) is 0 Å². The van der Waals surface area contributed by atoms with E-state index >= 15 is 0 Å². The second kappa shape index (κ2) is 9.07. The molecule has 0 atom stereocenters. The Morgan fingerprint density at radius 3 is 2.63 bits per heavy atom. The predicted octanol–water partition coefficient (Wildman–Crippen LogP) is 3.13. The number of para-hydroxylation sites is 2. The molecule has 1 N–H and O–H groups in total. The fourth-order valence-electron chi connectivity index (χ4n) is 3.05. The van der Waals surface area contributed by atoms with Crippen LogP contribution in [0.4, 0.5) is 5.69 Å². The van der Waals surface area contributed by atoms with E-state index in [9.17, 15) is 9.59 Å². The molecule has 0 saturated heterocycles. The quantitative estimate of drug-likeness (QED) is 0.724. The van der Waals surface area contributed by atoms with Crippen molar-refractivity contribution in [3.8, 4) is 11.5 Å². The van der Waals surface area contributed by atoms with Gasteiger partial charge < -0.3 is 19.5 Å². The van der Waals surface area contributed by atoms with Crippen molar-refractivity contribution in [1.82, 2.24) is 0 Å². The first-order valence-electron chi connectivity index (χ1n) is 8.99. The summed E-state index contributed by atoms with van der Waals surface area (Å²) in [5.74, 6) is 0.308. The average Bonchev–Trinajstić information content (AvgIpc) is 3.14. The Balaban J connectivity index is 1.38. The molecule has 1 aliphatic carbocycles. The van der Waals surface area contributed by atoms with Gasteiger partial charge >= 0.3 is 5.97 Å². The standard InChI is InChI=1S/C21H23NO5/c1-25-18-7-2-3-8-19(18)26-12-11-21(24)27-14-20(23)22-17-10-9-15-5-4-6-16(15)13-17/h2-3,7-10,13H,4-6,11-12,14H2,1H3,(H,22,23). The molecule has 0 heterocycles. The van der Waals surface area contributed by atoms with Gasteiger partial charge in [0.1, 0.15) is 0 Å². The molecular formula is C21H23NO5. The summed E-state index contributed by atoms with van der Waals surface area (Å²) in [6.45, 7) is -0.170. The molecular weight excluding hydrogens is 346 g/mol. The number of fused-ring (bicyclic) bond motifs is 1. The Morgan fingerprint density at radius 2 is 1.81 bits per heavy atom. The van der Waals surface area contributed by atoms with E-state index < -0.39 is 5.97 Å². The van der Waals surface area contributed by atoms with Gasteiger partial charge in [-0.3, -0.25) is 9.59 Å². The lowest BCUT2D eigenvalue weighted by molar-refractivity contribution is -0.147. The van der Waals surface area contributed by atoms with Gasteiger partial charge in [0.25, 0.3) is 5.91 Å². The zero-order valence-corrected chi connectivity index (χ0v) is 15.3. The number of amides is 1. The molecule has 0 aromatic heterocycles. The molecule has 1 amide bonds. The third-order valence-electron chi connectivity index (χ3n) is 4.38. The van der Waals surface area contributed by atoms with Gasteiger partial charge in [0.15, 0.2) is 18.1 Å². The molecule has 0 fully saturated rings. The number of ether oxygens (including phenoxy) is 3. The summed E-state index contributed by atoms with van der Waals surface area (Å²) in [4.78, 5) is 23.7. The van der Waals surface area contributed by atoms with E-state index in [1.54, 1.807) is 19.2 Å². The van der Waals surface area contributed by atoms with E-state index in [1.807, 2.05) is 30.3 Å². The number of esters is 1. The maximum atomic E-state index is 12.0. The number of hydrogen-bond acceptors (Lipinski definition) is 5. The van der Waals surface area contributed by atoms with Crippen LogP contribution in [0.3, 0.4) is 0 Å². The minimum atomic E-state index is -0.492. The first-order valence-corrected chi connectivity index (χ1v) is 8.99. The molecule has 0 saturated carbocycles. The lowest BCUT2D eigenvalue weighted by Gasteiger charge is -2.10. The number of hydrogen-bond donors (Lipinski definition) is 1. The van der Waals surface area contributed by atoms with E-state index in [0.29, 0.717) is 11.5 Å². The van der Waals surface area contributed by atoms with Crippen LogP contribution in [-0.4, -0.2) is 32.2 Å². The highest BCUT2D eigenvalue weighted by molar-refractivity contribution is 5.92. The van der Waals surface area contributed by atoms with E-state index in [0.717, 1.165) is 24.9 Å². The molecule has 0 spiro atoms. The number of aryl methyl sites for hydroxylation is 2. The van der Waals surface area contributed by atoms with E-state index in [-0.39, 0.29) is 25.5 Å². The van der Waals surface area contributed by atoms with Gasteiger partial charge in [-0.1, -0.05) is 18.2 Å². The van der Waals surface area contributed by atoms with Crippen LogP contribution < -0.4 is 14.8 Å². The number of carbonyl (C=O) groups is 2. The van der Waals surface area contributed by atoms with Crippen LogP contribution in [0.25, 0.3) is 0 Å². The molecule has 2 aromatic carbocycles. The molecule has 27 heavy (non-hydrogen) atoms. The molecule has 2 aromatic rings. The fraction of sp³-hybridized carbons (Fsp3) is 0.333. The maximum Gasteiger partial charge on any atom is 0.309 e. The number of nitrogens with one attached hydrogen (secondary N) is 1. The maximum absolute atomic E-state index is 12.0. The average molecular weight is 369 g/mol. The largest absolute Gasteiger partial charge is 0.493 e. The number of anilines is 1. The van der Waals surface area contributed by atoms with Crippen LogP contribution in [0.2, 0.25) is 0 Å². The predicted molar refractivity (Wildman–Crippen MR) is 101 cm³/mol. The molecule has 0 bridgehead atoms. The zero-order chi connectivity index (χ0) is 19.1. The number of methoxy groups -OCH3 is 1. The Bertz CT molecular complexity index is 818. The summed E-state index contributed by atoms with van der Waals surface area (Å²) in [6, 6.07) is 13.1. The van der Waals surface area contributed by atoms with Gasteiger partial charge in [-0.05, 0) is 54.7 Å². The molecule has 3 rings (SSSR count). The zero-order valence-electron chi connectivity index (χ0n) is 15.3. The van der Waals surface area contributed by atoms with Crippen molar-refractivity contribution in [3.63, 3.8) is 0 Å². The lowest BCUT2D eigenvalue weighted by Crippen LogP contribution is -2.21. The van der Waals surface area contributed by atoms with Gasteiger partial charge in [-0.15, -0.1) is 0 Å². The van der Waals surface area contributed by atoms with Crippen LogP contribution >= 0.6 is 0 Å². The Kier molecular flexibility index (Phi) is 6.30. The second-order valence-corrected chi connectivity index (χ2v) is 6.30. The van der Waals surface area contributed by atoms with Crippen LogP contribution in [0.1, 0.15) is 24.0 Å². The van der Waals surface area contributed by atoms with Crippen molar-refractivity contribution in [3.05, 3.63) is 53.6 Å². The third kappa shape index (κ3) is 5.23. The van der Waals surface area contributed by atoms with Gasteiger partial charge in [-0.2, -0.15) is 0 Å². The fourth-order valence-corrected chi connectivity index (χ4v) is 3.05. The minimum absolute atomic E-state index is 0.0458. The van der Waals surface area contributed by atoms with Crippen LogP contribution in [0.15, 0.2) is 42.5 Å². The van der Waals surface area contributed by atoms with Crippen LogP contribution in [0, 0.1) is 0 Å². The highest BCUT2D eigenvalue weighted by Crippen LogP contribution is 2.26. The smallest absolute Gasteiger partial charge is 0.309 e. The minimum Gasteiger partial charge on any atom is -0.493 e. The molecule has 0 aliphatic heterocycles. The second-order valence-electron chi connectivity index (χ2n) is 6.30. The highest BCUT2D eigenvalue weighted by atomic mass is 16.5. The van der Waals surface area contributed by atoms with Gasteiger partial charge in [0, 0.05) is 5.69 Å². The first kappa shape index (κ1) is 18.8. The Hall–Kier alpha value is -3.02. The summed E-state index contributed by atoms with van der Waals surface area (Å²) in [7, 11) is 1.55. The first-order chi connectivity index (χ1) is 13.2. The van der Waals surface area contributed by atoms with Crippen LogP contribution in [0.5, 0.6) is 11.5 Å². The van der Waals surface area contributed by atoms with Crippen molar-refractivity contribution in [2.75, 3.05) is 25.6 Å². The lowest BCUT2D eigenvalue weighted by atomic mass is 10.1. The summed E-state index contributed by atoms with van der Waals surface area (Å²) in [6.07, 6.45) is 3.34.